The summed E-state index contributed by atoms with van der Waals surface area (Å²) in [5.74, 6) is 0.734. The average molecular weight is 229 g/mol. The van der Waals surface area contributed by atoms with Crippen LogP contribution in [-0.2, 0) is 0 Å². The molecule has 1 unspecified atom stereocenters. The molecule has 5 nitrogen and oxygen atoms in total. The van der Waals surface area contributed by atoms with Crippen LogP contribution in [0.5, 0.6) is 0 Å². The molecule has 1 aliphatic rings. The van der Waals surface area contributed by atoms with Crippen molar-refractivity contribution in [2.45, 2.75) is 13.0 Å². The van der Waals surface area contributed by atoms with Gasteiger partial charge >= 0.3 is 0 Å². The maximum Gasteiger partial charge on any atom is 0.246 e. The maximum absolute atomic E-state index is 4.57. The van der Waals surface area contributed by atoms with Crippen LogP contribution in [0.1, 0.15) is 6.92 Å². The highest BCUT2D eigenvalue weighted by molar-refractivity contribution is 5.74. The molecule has 1 fully saturated rings. The predicted octanol–water partition coefficient (Wildman–Crippen LogP) is 0.823. The van der Waals surface area contributed by atoms with Crippen molar-refractivity contribution in [3.8, 4) is 0 Å². The molecule has 1 saturated heterocycles. The van der Waals surface area contributed by atoms with Gasteiger partial charge in [0.15, 0.2) is 0 Å². The maximum atomic E-state index is 4.57. The molecule has 1 N–H and O–H groups in total. The van der Waals surface area contributed by atoms with E-state index in [4.69, 9.17) is 0 Å². The Morgan fingerprint density at radius 2 is 2.06 bits per heavy atom. The molecule has 1 aliphatic heterocycles. The van der Waals surface area contributed by atoms with E-state index in [1.54, 1.807) is 0 Å². The van der Waals surface area contributed by atoms with Crippen molar-refractivity contribution < 1.29 is 0 Å². The number of para-hydroxylation sites is 1. The molecule has 0 aliphatic carbocycles. The van der Waals surface area contributed by atoms with Crippen molar-refractivity contribution in [1.29, 1.82) is 0 Å². The third-order valence-electron chi connectivity index (χ3n) is 3.11. The molecule has 5 heteroatoms. The fourth-order valence-corrected chi connectivity index (χ4v) is 2.13. The van der Waals surface area contributed by atoms with Crippen LogP contribution in [0.15, 0.2) is 24.3 Å². The molecule has 1 aromatic carbocycles. The van der Waals surface area contributed by atoms with Crippen molar-refractivity contribution in [2.24, 2.45) is 0 Å². The number of aromatic nitrogens is 3. The van der Waals surface area contributed by atoms with Crippen molar-refractivity contribution in [3.05, 3.63) is 24.3 Å². The van der Waals surface area contributed by atoms with E-state index >= 15 is 0 Å². The number of nitrogens with one attached hydrogen (secondary N) is 1. The highest BCUT2D eigenvalue weighted by Crippen LogP contribution is 2.15. The third-order valence-corrected chi connectivity index (χ3v) is 3.11. The van der Waals surface area contributed by atoms with Gasteiger partial charge in [-0.25, -0.2) is 4.98 Å². The molecule has 3 rings (SSSR count). The first-order valence-electron chi connectivity index (χ1n) is 5.91. The topological polar surface area (TPSA) is 53.9 Å². The fraction of sp³-hybridized carbons (Fsp3) is 0.417. The minimum atomic E-state index is 0.409. The molecule has 88 valence electrons. The summed E-state index contributed by atoms with van der Waals surface area (Å²) in [6, 6.07) is 8.24. The normalized spacial score (nSPS) is 20.8. The standard InChI is InChI=1S/C12H15N5/c1-9-8-13-6-7-17(9)12-14-10-4-2-3-5-11(10)15-16-12/h2-5,9,13H,6-8H2,1H3. The average Bonchev–Trinajstić information content (AvgIpc) is 2.39. The van der Waals surface area contributed by atoms with Crippen LogP contribution in [0.2, 0.25) is 0 Å². The Hall–Kier alpha value is -1.75. The summed E-state index contributed by atoms with van der Waals surface area (Å²) in [4.78, 5) is 6.78. The first-order valence-corrected chi connectivity index (χ1v) is 5.91. The lowest BCUT2D eigenvalue weighted by atomic mass is 10.2. The zero-order valence-electron chi connectivity index (χ0n) is 9.80. The summed E-state index contributed by atoms with van der Waals surface area (Å²) >= 11 is 0. The Bertz CT molecular complexity index is 527. The fourth-order valence-electron chi connectivity index (χ4n) is 2.13. The number of nitrogens with zero attached hydrogens (tertiary/aromatic N) is 4. The summed E-state index contributed by atoms with van der Waals surface area (Å²) in [5.41, 5.74) is 1.75. The van der Waals surface area contributed by atoms with Gasteiger partial charge in [0, 0.05) is 25.7 Å². The van der Waals surface area contributed by atoms with Crippen LogP contribution < -0.4 is 10.2 Å². The zero-order chi connectivity index (χ0) is 11.7. The van der Waals surface area contributed by atoms with E-state index in [0.29, 0.717) is 6.04 Å². The van der Waals surface area contributed by atoms with Crippen molar-refractivity contribution in [1.82, 2.24) is 20.5 Å². The van der Waals surface area contributed by atoms with Crippen LogP contribution >= 0.6 is 0 Å². The van der Waals surface area contributed by atoms with Crippen LogP contribution in [0.4, 0.5) is 5.95 Å². The second-order valence-electron chi connectivity index (χ2n) is 4.35. The van der Waals surface area contributed by atoms with Gasteiger partial charge in [-0.1, -0.05) is 12.1 Å². The lowest BCUT2D eigenvalue weighted by molar-refractivity contribution is 0.492. The monoisotopic (exact) mass is 229 g/mol. The number of benzene rings is 1. The van der Waals surface area contributed by atoms with Gasteiger partial charge in [-0.3, -0.25) is 0 Å². The highest BCUT2D eigenvalue weighted by atomic mass is 15.3. The molecule has 0 bridgehead atoms. The van der Waals surface area contributed by atoms with Gasteiger partial charge in [0.25, 0.3) is 0 Å². The molecule has 0 saturated carbocycles. The number of fused-ring (bicyclic) bond motifs is 1. The molecule has 0 amide bonds. The Morgan fingerprint density at radius 3 is 2.88 bits per heavy atom. The minimum Gasteiger partial charge on any atom is -0.334 e. The van der Waals surface area contributed by atoms with E-state index < -0.39 is 0 Å². The molecular formula is C12H15N5. The smallest absolute Gasteiger partial charge is 0.246 e. The molecule has 0 radical (unpaired) electrons. The van der Waals surface area contributed by atoms with Gasteiger partial charge < -0.3 is 10.2 Å². The van der Waals surface area contributed by atoms with E-state index in [0.717, 1.165) is 36.6 Å². The number of piperazine rings is 1. The largest absolute Gasteiger partial charge is 0.334 e. The van der Waals surface area contributed by atoms with Gasteiger partial charge in [0.05, 0.1) is 5.52 Å². The number of rotatable bonds is 1. The number of hydrogen-bond acceptors (Lipinski definition) is 5. The summed E-state index contributed by atoms with van der Waals surface area (Å²) in [5, 5.41) is 11.8. The lowest BCUT2D eigenvalue weighted by Crippen LogP contribution is -2.50. The van der Waals surface area contributed by atoms with Gasteiger partial charge in [-0.05, 0) is 19.1 Å². The van der Waals surface area contributed by atoms with Crippen molar-refractivity contribution >= 4 is 17.0 Å². The second kappa shape index (κ2) is 4.25. The Kier molecular flexibility index (Phi) is 2.60. The summed E-state index contributed by atoms with van der Waals surface area (Å²) in [6.07, 6.45) is 0. The Morgan fingerprint density at radius 1 is 1.24 bits per heavy atom. The van der Waals surface area contributed by atoms with Gasteiger partial charge in [0.2, 0.25) is 5.95 Å². The quantitative estimate of drug-likeness (QED) is 0.784. The van der Waals surface area contributed by atoms with Gasteiger partial charge in [-0.15, -0.1) is 10.2 Å². The molecular weight excluding hydrogens is 214 g/mol. The molecule has 2 aromatic rings. The van der Waals surface area contributed by atoms with Gasteiger partial charge in [-0.2, -0.15) is 0 Å². The second-order valence-corrected chi connectivity index (χ2v) is 4.35. The van der Waals surface area contributed by atoms with Gasteiger partial charge in [0.1, 0.15) is 5.52 Å². The first kappa shape index (κ1) is 10.4. The summed E-state index contributed by atoms with van der Waals surface area (Å²) in [7, 11) is 0. The van der Waals surface area contributed by atoms with E-state index in [9.17, 15) is 0 Å². The lowest BCUT2D eigenvalue weighted by Gasteiger charge is -2.33. The molecule has 1 aromatic heterocycles. The molecule has 17 heavy (non-hydrogen) atoms. The SMILES string of the molecule is CC1CNCCN1c1nnc2ccccc2n1. The number of anilines is 1. The van der Waals surface area contributed by atoms with Crippen molar-refractivity contribution in [3.63, 3.8) is 0 Å². The van der Waals surface area contributed by atoms with E-state index in [1.165, 1.54) is 0 Å². The zero-order valence-corrected chi connectivity index (χ0v) is 9.80. The van der Waals surface area contributed by atoms with Crippen LogP contribution in [0.3, 0.4) is 0 Å². The third kappa shape index (κ3) is 1.93. The Balaban J connectivity index is 1.99. The van der Waals surface area contributed by atoms with E-state index in [-0.39, 0.29) is 0 Å². The van der Waals surface area contributed by atoms with E-state index in [1.807, 2.05) is 24.3 Å². The van der Waals surface area contributed by atoms with Crippen LogP contribution in [0.25, 0.3) is 11.0 Å². The van der Waals surface area contributed by atoms with E-state index in [2.05, 4.69) is 32.3 Å². The summed E-state index contributed by atoms with van der Waals surface area (Å²) < 4.78 is 0. The molecule has 1 atom stereocenters. The highest BCUT2D eigenvalue weighted by Gasteiger charge is 2.20. The van der Waals surface area contributed by atoms with Crippen LogP contribution in [-0.4, -0.2) is 40.9 Å². The predicted molar refractivity (Wildman–Crippen MR) is 67.0 cm³/mol. The molecule has 0 spiro atoms. The first-order chi connectivity index (χ1) is 8.34. The molecule has 2 heterocycles. The van der Waals surface area contributed by atoms with Crippen LogP contribution in [0, 0.1) is 0 Å². The minimum absolute atomic E-state index is 0.409. The Labute approximate surface area is 99.9 Å². The van der Waals surface area contributed by atoms with Crippen molar-refractivity contribution in [2.75, 3.05) is 24.5 Å². The number of hydrogen-bond donors (Lipinski definition) is 1. The summed E-state index contributed by atoms with van der Waals surface area (Å²) in [6.45, 7) is 5.04.